The molecule has 1 saturated carbocycles. The van der Waals surface area contributed by atoms with Gasteiger partial charge < -0.3 is 24.3 Å². The first-order valence-corrected chi connectivity index (χ1v) is 10.4. The zero-order valence-electron chi connectivity index (χ0n) is 16.7. The molecule has 1 N–H and O–H groups in total. The number of nitrogens with one attached hydrogen (secondary N) is 1. The van der Waals surface area contributed by atoms with Crippen LogP contribution in [0, 0.1) is 0 Å². The van der Waals surface area contributed by atoms with Crippen LogP contribution in [0.2, 0.25) is 0 Å². The third-order valence-corrected chi connectivity index (χ3v) is 5.88. The molecule has 1 atom stereocenters. The number of amides is 2. The van der Waals surface area contributed by atoms with Crippen molar-refractivity contribution < 1.29 is 28.5 Å². The zero-order chi connectivity index (χ0) is 20.2. The van der Waals surface area contributed by atoms with Crippen LogP contribution in [-0.2, 0) is 9.53 Å². The average Bonchev–Trinajstić information content (AvgIpc) is 3.22. The summed E-state index contributed by atoms with van der Waals surface area (Å²) in [5.74, 6) is 2.16. The van der Waals surface area contributed by atoms with E-state index >= 15 is 0 Å². The summed E-state index contributed by atoms with van der Waals surface area (Å²) in [7, 11) is 1.35. The predicted molar refractivity (Wildman–Crippen MR) is 104 cm³/mol. The lowest BCUT2D eigenvalue weighted by Gasteiger charge is -2.35. The number of benzene rings is 1. The number of hydrogen-bond donors (Lipinski definition) is 1. The lowest BCUT2D eigenvalue weighted by atomic mass is 9.92. The molecule has 1 unspecified atom stereocenters. The predicted octanol–water partition coefficient (Wildman–Crippen LogP) is 2.84. The van der Waals surface area contributed by atoms with Crippen molar-refractivity contribution in [1.29, 1.82) is 0 Å². The Hall–Kier alpha value is -2.64. The van der Waals surface area contributed by atoms with Gasteiger partial charge in [-0.1, -0.05) is 0 Å². The molecule has 1 aromatic rings. The molecule has 8 nitrogen and oxygen atoms in total. The van der Waals surface area contributed by atoms with Gasteiger partial charge in [-0.2, -0.15) is 0 Å². The Kier molecular flexibility index (Phi) is 5.97. The minimum Gasteiger partial charge on any atom is -0.490 e. The molecule has 0 bridgehead atoms. The van der Waals surface area contributed by atoms with Crippen molar-refractivity contribution in [2.75, 3.05) is 20.4 Å². The molecule has 4 rings (SSSR count). The number of carbonyl (C=O) groups excluding carboxylic acids is 2. The molecule has 8 heteroatoms. The molecule has 0 radical (unpaired) electrons. The number of nitrogens with zero attached hydrogens (tertiary/aromatic N) is 1. The van der Waals surface area contributed by atoms with Crippen molar-refractivity contribution in [2.24, 2.45) is 0 Å². The fourth-order valence-electron chi connectivity index (χ4n) is 4.30. The summed E-state index contributed by atoms with van der Waals surface area (Å²) in [5, 5.41) is 3.14. The first-order valence-electron chi connectivity index (χ1n) is 10.4. The van der Waals surface area contributed by atoms with Gasteiger partial charge in [0.25, 0.3) is 0 Å². The Morgan fingerprint density at radius 2 is 1.86 bits per heavy atom. The Balaban J connectivity index is 1.26. The minimum absolute atomic E-state index is 0.0739. The van der Waals surface area contributed by atoms with Gasteiger partial charge in [0, 0.05) is 18.7 Å². The highest BCUT2D eigenvalue weighted by molar-refractivity contribution is 5.86. The van der Waals surface area contributed by atoms with Gasteiger partial charge in [-0.3, -0.25) is 9.69 Å². The highest BCUT2D eigenvalue weighted by Gasteiger charge is 2.34. The standard InChI is InChI=1S/C21H28N2O6/c1-26-21(25)23-11-3-2-4-17(23)20(24)22-14-5-7-15(8-6-14)29-16-9-10-18-19(12-16)28-13-27-18/h9-10,12,14-15,17H,2-8,11,13H2,1H3,(H,22,24). The van der Waals surface area contributed by atoms with Crippen molar-refractivity contribution in [3.05, 3.63) is 18.2 Å². The maximum absolute atomic E-state index is 12.8. The molecule has 2 aliphatic heterocycles. The van der Waals surface area contributed by atoms with Gasteiger partial charge in [0.2, 0.25) is 12.7 Å². The van der Waals surface area contributed by atoms with E-state index in [0.29, 0.717) is 18.7 Å². The van der Waals surface area contributed by atoms with E-state index in [2.05, 4.69) is 5.32 Å². The van der Waals surface area contributed by atoms with Crippen LogP contribution < -0.4 is 19.5 Å². The summed E-state index contributed by atoms with van der Waals surface area (Å²) < 4.78 is 21.6. The Labute approximate surface area is 170 Å². The molecule has 1 saturated heterocycles. The van der Waals surface area contributed by atoms with E-state index < -0.39 is 12.1 Å². The largest absolute Gasteiger partial charge is 0.490 e. The van der Waals surface area contributed by atoms with Crippen LogP contribution >= 0.6 is 0 Å². The van der Waals surface area contributed by atoms with Gasteiger partial charge in [0.15, 0.2) is 11.5 Å². The first-order chi connectivity index (χ1) is 14.1. The normalized spacial score (nSPS) is 26.0. The molecule has 1 aliphatic carbocycles. The van der Waals surface area contributed by atoms with Crippen LogP contribution in [0.1, 0.15) is 44.9 Å². The molecular weight excluding hydrogens is 376 g/mol. The van der Waals surface area contributed by atoms with E-state index in [1.807, 2.05) is 18.2 Å². The van der Waals surface area contributed by atoms with Crippen molar-refractivity contribution >= 4 is 12.0 Å². The number of carbonyl (C=O) groups is 2. The molecule has 0 aromatic heterocycles. The SMILES string of the molecule is COC(=O)N1CCCCC1C(=O)NC1CCC(Oc2ccc3c(c2)OCO3)CC1. The average molecular weight is 404 g/mol. The van der Waals surface area contributed by atoms with Gasteiger partial charge in [-0.15, -0.1) is 0 Å². The Bertz CT molecular complexity index is 747. The second kappa shape index (κ2) is 8.80. The van der Waals surface area contributed by atoms with Gasteiger partial charge in [0.05, 0.1) is 13.2 Å². The van der Waals surface area contributed by atoms with Crippen molar-refractivity contribution in [1.82, 2.24) is 10.2 Å². The van der Waals surface area contributed by atoms with Crippen molar-refractivity contribution in [3.8, 4) is 17.2 Å². The van der Waals surface area contributed by atoms with E-state index in [1.165, 1.54) is 7.11 Å². The monoisotopic (exact) mass is 404 g/mol. The molecule has 0 spiro atoms. The van der Waals surface area contributed by atoms with E-state index in [9.17, 15) is 9.59 Å². The van der Waals surface area contributed by atoms with E-state index in [4.69, 9.17) is 18.9 Å². The summed E-state index contributed by atoms with van der Waals surface area (Å²) in [6.45, 7) is 0.818. The van der Waals surface area contributed by atoms with E-state index in [1.54, 1.807) is 4.90 Å². The molecule has 158 valence electrons. The molecule has 3 aliphatic rings. The molecule has 29 heavy (non-hydrogen) atoms. The van der Waals surface area contributed by atoms with Crippen LogP contribution in [0.25, 0.3) is 0 Å². The number of piperidine rings is 1. The minimum atomic E-state index is -0.432. The van der Waals surface area contributed by atoms with Crippen LogP contribution in [0.3, 0.4) is 0 Å². The topological polar surface area (TPSA) is 86.3 Å². The quantitative estimate of drug-likeness (QED) is 0.831. The Morgan fingerprint density at radius 1 is 1.07 bits per heavy atom. The fourth-order valence-corrected chi connectivity index (χ4v) is 4.30. The van der Waals surface area contributed by atoms with Crippen molar-refractivity contribution in [2.45, 2.75) is 63.1 Å². The lowest BCUT2D eigenvalue weighted by molar-refractivity contribution is -0.128. The zero-order valence-corrected chi connectivity index (χ0v) is 16.7. The molecular formula is C21H28N2O6. The maximum atomic E-state index is 12.8. The van der Waals surface area contributed by atoms with Gasteiger partial charge >= 0.3 is 6.09 Å². The highest BCUT2D eigenvalue weighted by Crippen LogP contribution is 2.36. The number of ether oxygens (including phenoxy) is 4. The number of fused-ring (bicyclic) bond motifs is 1. The summed E-state index contributed by atoms with van der Waals surface area (Å²) in [6, 6.07) is 5.30. The smallest absolute Gasteiger partial charge is 0.410 e. The lowest BCUT2D eigenvalue weighted by Crippen LogP contribution is -2.54. The first kappa shape index (κ1) is 19.7. The van der Waals surface area contributed by atoms with Gasteiger partial charge in [-0.25, -0.2) is 4.79 Å². The van der Waals surface area contributed by atoms with Crippen molar-refractivity contribution in [3.63, 3.8) is 0 Å². The number of rotatable bonds is 4. The summed E-state index contributed by atoms with van der Waals surface area (Å²) in [4.78, 5) is 26.3. The van der Waals surface area contributed by atoms with Gasteiger partial charge in [-0.05, 0) is 57.1 Å². The second-order valence-electron chi connectivity index (χ2n) is 7.79. The van der Waals surface area contributed by atoms with E-state index in [-0.39, 0.29) is 24.8 Å². The van der Waals surface area contributed by atoms with E-state index in [0.717, 1.165) is 50.0 Å². The molecule has 1 aromatic carbocycles. The number of methoxy groups -OCH3 is 1. The fraction of sp³-hybridized carbons (Fsp3) is 0.619. The third-order valence-electron chi connectivity index (χ3n) is 5.88. The summed E-state index contributed by atoms with van der Waals surface area (Å²) >= 11 is 0. The van der Waals surface area contributed by atoms with Crippen LogP contribution in [0.15, 0.2) is 18.2 Å². The van der Waals surface area contributed by atoms with Crippen LogP contribution in [0.4, 0.5) is 4.79 Å². The third kappa shape index (κ3) is 4.52. The van der Waals surface area contributed by atoms with Crippen LogP contribution in [-0.4, -0.2) is 55.5 Å². The molecule has 2 heterocycles. The Morgan fingerprint density at radius 3 is 2.66 bits per heavy atom. The van der Waals surface area contributed by atoms with Crippen LogP contribution in [0.5, 0.6) is 17.2 Å². The number of hydrogen-bond acceptors (Lipinski definition) is 6. The summed E-state index contributed by atoms with van der Waals surface area (Å²) in [5.41, 5.74) is 0. The molecule has 2 amide bonds. The summed E-state index contributed by atoms with van der Waals surface area (Å²) in [6.07, 6.45) is 5.66. The number of likely N-dealkylation sites (tertiary alicyclic amines) is 1. The second-order valence-corrected chi connectivity index (χ2v) is 7.79. The molecule has 2 fully saturated rings. The maximum Gasteiger partial charge on any atom is 0.410 e. The highest BCUT2D eigenvalue weighted by atomic mass is 16.7. The van der Waals surface area contributed by atoms with Gasteiger partial charge in [0.1, 0.15) is 11.8 Å².